The number of amides is 1. The molecule has 4 aromatic rings. The summed E-state index contributed by atoms with van der Waals surface area (Å²) in [4.78, 5) is 21.2. The Bertz CT molecular complexity index is 1210. The van der Waals surface area contributed by atoms with Gasteiger partial charge in [-0.2, -0.15) is 4.98 Å². The fourth-order valence-electron chi connectivity index (χ4n) is 4.11. The molecule has 0 unspecified atom stereocenters. The number of rotatable bonds is 6. The first-order valence-corrected chi connectivity index (χ1v) is 10.8. The molecule has 0 atom stereocenters. The van der Waals surface area contributed by atoms with Gasteiger partial charge in [0.05, 0.1) is 30.3 Å². The highest BCUT2D eigenvalue weighted by Gasteiger charge is 2.19. The van der Waals surface area contributed by atoms with Crippen molar-refractivity contribution >= 4 is 28.5 Å². The molecule has 31 heavy (non-hydrogen) atoms. The molecular weight excluding hydrogens is 414 g/mol. The van der Waals surface area contributed by atoms with Crippen LogP contribution in [-0.4, -0.2) is 25.6 Å². The SMILES string of the molecule is O=C(Cc1ccc(Cl)cc1)NCc1nc(-c2ccc3c(c2)ncn3C2CCCC2)no1. The summed E-state index contributed by atoms with van der Waals surface area (Å²) in [5.41, 5.74) is 3.78. The highest BCUT2D eigenvalue weighted by atomic mass is 35.5. The predicted octanol–water partition coefficient (Wildman–Crippen LogP) is 4.71. The second kappa shape index (κ2) is 8.51. The van der Waals surface area contributed by atoms with Crippen molar-refractivity contribution in [1.82, 2.24) is 25.0 Å². The average molecular weight is 436 g/mol. The largest absolute Gasteiger partial charge is 0.347 e. The van der Waals surface area contributed by atoms with E-state index >= 15 is 0 Å². The van der Waals surface area contributed by atoms with Crippen molar-refractivity contribution in [2.45, 2.75) is 44.7 Å². The van der Waals surface area contributed by atoms with Gasteiger partial charge >= 0.3 is 0 Å². The molecule has 1 saturated carbocycles. The molecule has 0 spiro atoms. The Balaban J connectivity index is 1.24. The number of carbonyl (C=O) groups excluding carboxylic acids is 1. The molecule has 0 saturated heterocycles. The Kier molecular flexibility index (Phi) is 5.42. The van der Waals surface area contributed by atoms with E-state index in [9.17, 15) is 4.79 Å². The number of aromatic nitrogens is 4. The van der Waals surface area contributed by atoms with Crippen LogP contribution in [0.25, 0.3) is 22.4 Å². The summed E-state index contributed by atoms with van der Waals surface area (Å²) in [7, 11) is 0. The zero-order valence-electron chi connectivity index (χ0n) is 16.9. The van der Waals surface area contributed by atoms with E-state index in [1.165, 1.54) is 25.7 Å². The monoisotopic (exact) mass is 435 g/mol. The van der Waals surface area contributed by atoms with Gasteiger partial charge in [0.2, 0.25) is 17.6 Å². The van der Waals surface area contributed by atoms with E-state index < -0.39 is 0 Å². The lowest BCUT2D eigenvalue weighted by Crippen LogP contribution is -2.24. The standard InChI is InChI=1S/C23H22ClN5O2/c24-17-8-5-15(6-9-17)11-21(30)25-13-22-27-23(28-31-22)16-7-10-20-19(12-16)26-14-29(20)18-3-1-2-4-18/h5-10,12,14,18H,1-4,11,13H2,(H,25,30). The third-order valence-corrected chi connectivity index (χ3v) is 5.99. The van der Waals surface area contributed by atoms with E-state index in [0.29, 0.717) is 22.8 Å². The Morgan fingerprint density at radius 2 is 1.97 bits per heavy atom. The first kappa shape index (κ1) is 19.8. The molecular formula is C23H22ClN5O2. The fourth-order valence-corrected chi connectivity index (χ4v) is 4.24. The minimum atomic E-state index is -0.124. The summed E-state index contributed by atoms with van der Waals surface area (Å²) >= 11 is 5.87. The van der Waals surface area contributed by atoms with Gasteiger partial charge in [-0.15, -0.1) is 0 Å². The number of hydrogen-bond donors (Lipinski definition) is 1. The average Bonchev–Trinajstić information content (AvgIpc) is 3.53. The lowest BCUT2D eigenvalue weighted by atomic mass is 10.1. The van der Waals surface area contributed by atoms with Crippen LogP contribution in [0.2, 0.25) is 5.02 Å². The molecule has 1 aliphatic carbocycles. The van der Waals surface area contributed by atoms with Crippen molar-refractivity contribution in [3.63, 3.8) is 0 Å². The van der Waals surface area contributed by atoms with Gasteiger partial charge in [-0.3, -0.25) is 4.79 Å². The Morgan fingerprint density at radius 3 is 2.77 bits per heavy atom. The van der Waals surface area contributed by atoms with Crippen LogP contribution in [0.1, 0.15) is 43.2 Å². The van der Waals surface area contributed by atoms with E-state index in [4.69, 9.17) is 16.1 Å². The Morgan fingerprint density at radius 1 is 1.16 bits per heavy atom. The summed E-state index contributed by atoms with van der Waals surface area (Å²) in [6, 6.07) is 13.8. The van der Waals surface area contributed by atoms with Crippen LogP contribution in [0, 0.1) is 0 Å². The van der Waals surface area contributed by atoms with Gasteiger partial charge in [0, 0.05) is 16.6 Å². The van der Waals surface area contributed by atoms with Gasteiger partial charge in [-0.25, -0.2) is 4.98 Å². The zero-order valence-corrected chi connectivity index (χ0v) is 17.7. The number of halogens is 1. The normalized spacial score (nSPS) is 14.4. The summed E-state index contributed by atoms with van der Waals surface area (Å²) in [6.45, 7) is 0.179. The van der Waals surface area contributed by atoms with E-state index in [1.807, 2.05) is 30.6 Å². The highest BCUT2D eigenvalue weighted by molar-refractivity contribution is 6.30. The van der Waals surface area contributed by atoms with Gasteiger partial charge in [0.25, 0.3) is 0 Å². The predicted molar refractivity (Wildman–Crippen MR) is 118 cm³/mol. The molecule has 1 N–H and O–H groups in total. The summed E-state index contributed by atoms with van der Waals surface area (Å²) in [5.74, 6) is 0.719. The van der Waals surface area contributed by atoms with Gasteiger partial charge in [-0.05, 0) is 48.7 Å². The van der Waals surface area contributed by atoms with Gasteiger partial charge < -0.3 is 14.4 Å². The lowest BCUT2D eigenvalue weighted by Gasteiger charge is -2.11. The van der Waals surface area contributed by atoms with Crippen LogP contribution in [-0.2, 0) is 17.8 Å². The molecule has 1 aliphatic rings. The van der Waals surface area contributed by atoms with E-state index in [0.717, 1.165) is 22.2 Å². The minimum Gasteiger partial charge on any atom is -0.347 e. The molecule has 5 rings (SSSR count). The molecule has 0 bridgehead atoms. The van der Waals surface area contributed by atoms with Crippen molar-refractivity contribution < 1.29 is 9.32 Å². The van der Waals surface area contributed by atoms with Gasteiger partial charge in [0.1, 0.15) is 0 Å². The number of imidazole rings is 1. The first-order valence-electron chi connectivity index (χ1n) is 10.5. The Labute approximate surface area is 184 Å². The highest BCUT2D eigenvalue weighted by Crippen LogP contribution is 2.32. The smallest absolute Gasteiger partial charge is 0.246 e. The molecule has 7 nitrogen and oxygen atoms in total. The van der Waals surface area contributed by atoms with Crippen molar-refractivity contribution in [3.05, 3.63) is 65.3 Å². The maximum absolute atomic E-state index is 12.2. The number of hydrogen-bond acceptors (Lipinski definition) is 5. The summed E-state index contributed by atoms with van der Waals surface area (Å²) in [5, 5.41) is 7.51. The number of fused-ring (bicyclic) bond motifs is 1. The molecule has 1 fully saturated rings. The van der Waals surface area contributed by atoms with Crippen molar-refractivity contribution in [3.8, 4) is 11.4 Å². The van der Waals surface area contributed by atoms with Gasteiger partial charge in [0.15, 0.2) is 0 Å². The maximum Gasteiger partial charge on any atom is 0.246 e. The zero-order chi connectivity index (χ0) is 21.2. The molecule has 2 heterocycles. The van der Waals surface area contributed by atoms with Crippen LogP contribution in [0.4, 0.5) is 0 Å². The molecule has 2 aromatic heterocycles. The number of nitrogens with zero attached hydrogens (tertiary/aromatic N) is 4. The second-order valence-corrected chi connectivity index (χ2v) is 8.32. The van der Waals surface area contributed by atoms with Crippen molar-refractivity contribution in [2.75, 3.05) is 0 Å². The van der Waals surface area contributed by atoms with E-state index in [1.54, 1.807) is 12.1 Å². The molecule has 8 heteroatoms. The third-order valence-electron chi connectivity index (χ3n) is 5.73. The summed E-state index contributed by atoms with van der Waals surface area (Å²) < 4.78 is 7.60. The van der Waals surface area contributed by atoms with Crippen molar-refractivity contribution in [2.24, 2.45) is 0 Å². The van der Waals surface area contributed by atoms with Crippen LogP contribution in [0.5, 0.6) is 0 Å². The summed E-state index contributed by atoms with van der Waals surface area (Å²) in [6.07, 6.45) is 7.19. The minimum absolute atomic E-state index is 0.124. The van der Waals surface area contributed by atoms with Crippen LogP contribution in [0.3, 0.4) is 0 Å². The van der Waals surface area contributed by atoms with Crippen molar-refractivity contribution in [1.29, 1.82) is 0 Å². The fraction of sp³-hybridized carbons (Fsp3) is 0.304. The van der Waals surface area contributed by atoms with Crippen LogP contribution >= 0.6 is 11.6 Å². The van der Waals surface area contributed by atoms with Gasteiger partial charge in [-0.1, -0.05) is 41.7 Å². The number of benzene rings is 2. The number of carbonyl (C=O) groups is 1. The maximum atomic E-state index is 12.2. The first-order chi connectivity index (χ1) is 15.2. The molecule has 1 amide bonds. The lowest BCUT2D eigenvalue weighted by molar-refractivity contribution is -0.120. The third kappa shape index (κ3) is 4.32. The Hall–Kier alpha value is -3.19. The van der Waals surface area contributed by atoms with E-state index in [2.05, 4.69) is 31.1 Å². The molecule has 2 aromatic carbocycles. The van der Waals surface area contributed by atoms with Crippen LogP contribution < -0.4 is 5.32 Å². The van der Waals surface area contributed by atoms with Crippen LogP contribution in [0.15, 0.2) is 53.3 Å². The molecule has 0 aliphatic heterocycles. The second-order valence-electron chi connectivity index (χ2n) is 7.89. The molecule has 158 valence electrons. The number of nitrogens with one attached hydrogen (secondary N) is 1. The quantitative estimate of drug-likeness (QED) is 0.473. The molecule has 0 radical (unpaired) electrons. The van der Waals surface area contributed by atoms with E-state index in [-0.39, 0.29) is 18.9 Å². The topological polar surface area (TPSA) is 85.8 Å².